The van der Waals surface area contributed by atoms with E-state index in [4.69, 9.17) is 9.47 Å². The Hall–Kier alpha value is -2.68. The van der Waals surface area contributed by atoms with Gasteiger partial charge in [-0.3, -0.25) is 4.90 Å². The van der Waals surface area contributed by atoms with E-state index in [1.54, 1.807) is 12.1 Å². The molecule has 1 amide bonds. The van der Waals surface area contributed by atoms with Crippen molar-refractivity contribution < 1.29 is 23.8 Å². The van der Waals surface area contributed by atoms with Crippen LogP contribution in [0.2, 0.25) is 0 Å². The summed E-state index contributed by atoms with van der Waals surface area (Å²) in [7, 11) is 0. The van der Waals surface area contributed by atoms with Gasteiger partial charge in [0.1, 0.15) is 17.8 Å². The van der Waals surface area contributed by atoms with Gasteiger partial charge in [0.2, 0.25) is 0 Å². The summed E-state index contributed by atoms with van der Waals surface area (Å²) in [6.45, 7) is 5.60. The average Bonchev–Trinajstić information content (AvgIpc) is 2.83. The maximum atomic E-state index is 13.2. The van der Waals surface area contributed by atoms with Crippen LogP contribution in [0.15, 0.2) is 48.5 Å². The van der Waals surface area contributed by atoms with Gasteiger partial charge in [0.15, 0.2) is 0 Å². The maximum absolute atomic E-state index is 13.2. The number of alkyl carbamates (subject to hydrolysis) is 1. The van der Waals surface area contributed by atoms with Crippen molar-refractivity contribution >= 4 is 6.09 Å². The molecule has 33 heavy (non-hydrogen) atoms. The third-order valence-electron chi connectivity index (χ3n) is 5.61. The van der Waals surface area contributed by atoms with Gasteiger partial charge in [0.25, 0.3) is 0 Å². The van der Waals surface area contributed by atoms with Crippen molar-refractivity contribution in [1.82, 2.24) is 15.5 Å². The first-order valence-electron chi connectivity index (χ1n) is 11.6. The van der Waals surface area contributed by atoms with Crippen LogP contribution in [0.3, 0.4) is 0 Å². The van der Waals surface area contributed by atoms with Gasteiger partial charge < -0.3 is 25.2 Å². The number of aliphatic hydroxyl groups excluding tert-OH is 1. The van der Waals surface area contributed by atoms with Crippen molar-refractivity contribution in [2.75, 3.05) is 32.8 Å². The molecule has 0 aliphatic carbocycles. The zero-order valence-corrected chi connectivity index (χ0v) is 19.1. The van der Waals surface area contributed by atoms with E-state index < -0.39 is 12.3 Å². The van der Waals surface area contributed by atoms with Gasteiger partial charge in [-0.05, 0) is 48.2 Å². The van der Waals surface area contributed by atoms with E-state index in [0.29, 0.717) is 26.3 Å². The van der Waals surface area contributed by atoms with Gasteiger partial charge in [0.05, 0.1) is 19.3 Å². The van der Waals surface area contributed by atoms with E-state index >= 15 is 0 Å². The average molecular weight is 460 g/mol. The van der Waals surface area contributed by atoms with Crippen LogP contribution < -0.4 is 15.4 Å². The van der Waals surface area contributed by atoms with Crippen LogP contribution in [0.4, 0.5) is 9.18 Å². The second kappa shape index (κ2) is 13.1. The Balaban J connectivity index is 1.36. The molecule has 3 rings (SSSR count). The molecule has 3 N–H and O–H groups in total. The van der Waals surface area contributed by atoms with E-state index in [1.165, 1.54) is 12.1 Å². The lowest BCUT2D eigenvalue weighted by Gasteiger charge is -2.39. The minimum Gasteiger partial charge on any atom is -0.494 e. The van der Waals surface area contributed by atoms with E-state index in [0.717, 1.165) is 49.2 Å². The van der Waals surface area contributed by atoms with E-state index in [-0.39, 0.29) is 11.9 Å². The smallest absolute Gasteiger partial charge is 0.407 e. The molecule has 0 saturated carbocycles. The summed E-state index contributed by atoms with van der Waals surface area (Å²) in [6, 6.07) is 13.6. The summed E-state index contributed by atoms with van der Waals surface area (Å²) in [5.74, 6) is 0.474. The number of ether oxygens (including phenoxy) is 2. The molecule has 7 nitrogen and oxygen atoms in total. The second-order valence-electron chi connectivity index (χ2n) is 8.12. The van der Waals surface area contributed by atoms with Crippen LogP contribution in [0, 0.1) is 5.82 Å². The summed E-state index contributed by atoms with van der Waals surface area (Å²) in [5.41, 5.74) is 1.83. The molecule has 2 unspecified atom stereocenters. The molecule has 2 atom stereocenters. The lowest BCUT2D eigenvalue weighted by atomic mass is 10.0. The minimum atomic E-state index is -0.676. The van der Waals surface area contributed by atoms with E-state index in [1.807, 2.05) is 36.1 Å². The van der Waals surface area contributed by atoms with Gasteiger partial charge in [-0.25, -0.2) is 9.18 Å². The van der Waals surface area contributed by atoms with Crippen LogP contribution in [-0.2, 0) is 11.3 Å². The first-order chi connectivity index (χ1) is 16.1. The Labute approximate surface area is 194 Å². The summed E-state index contributed by atoms with van der Waals surface area (Å²) >= 11 is 0. The maximum Gasteiger partial charge on any atom is 0.407 e. The highest BCUT2D eigenvalue weighted by Crippen LogP contribution is 2.23. The number of hydrogen-bond donors (Lipinski definition) is 3. The largest absolute Gasteiger partial charge is 0.494 e. The highest BCUT2D eigenvalue weighted by molar-refractivity contribution is 5.67. The van der Waals surface area contributed by atoms with Crippen molar-refractivity contribution in [3.05, 3.63) is 65.5 Å². The fourth-order valence-corrected chi connectivity index (χ4v) is 3.71. The summed E-state index contributed by atoms with van der Waals surface area (Å²) in [5, 5.41) is 16.8. The van der Waals surface area contributed by atoms with E-state index in [9.17, 15) is 14.3 Å². The molecular formula is C25H34FN3O4. The Morgan fingerprint density at radius 3 is 2.64 bits per heavy atom. The number of halogens is 1. The number of rotatable bonds is 11. The monoisotopic (exact) mass is 459 g/mol. The number of unbranched alkanes of at least 4 members (excludes halogenated alkanes) is 1. The van der Waals surface area contributed by atoms with Gasteiger partial charge in [-0.15, -0.1) is 0 Å². The topological polar surface area (TPSA) is 83.1 Å². The molecule has 0 bridgehead atoms. The number of nitrogens with zero attached hydrogens (tertiary/aromatic N) is 1. The van der Waals surface area contributed by atoms with E-state index in [2.05, 4.69) is 10.6 Å². The van der Waals surface area contributed by atoms with Gasteiger partial charge in [-0.1, -0.05) is 37.6 Å². The number of carbonyl (C=O) groups excluding carboxylic acids is 1. The Morgan fingerprint density at radius 2 is 1.91 bits per heavy atom. The number of nitrogens with one attached hydrogen (secondary N) is 2. The quantitative estimate of drug-likeness (QED) is 0.446. The molecule has 0 spiro atoms. The Kier molecular flexibility index (Phi) is 9.93. The summed E-state index contributed by atoms with van der Waals surface area (Å²) < 4.78 is 24.1. The van der Waals surface area contributed by atoms with Gasteiger partial charge in [-0.2, -0.15) is 0 Å². The SMILES string of the molecule is CCCCOC(=O)NCc1ccc(OCCCN2CCNC(c3ccc(F)cc3)C2O)cc1. The fourth-order valence-electron chi connectivity index (χ4n) is 3.71. The van der Waals surface area contributed by atoms with Crippen molar-refractivity contribution in [2.24, 2.45) is 0 Å². The molecule has 0 aromatic heterocycles. The third-order valence-corrected chi connectivity index (χ3v) is 5.61. The van der Waals surface area contributed by atoms with Crippen molar-refractivity contribution in [2.45, 2.75) is 45.0 Å². The fraction of sp³-hybridized carbons (Fsp3) is 0.480. The molecule has 8 heteroatoms. The molecule has 2 aromatic carbocycles. The minimum absolute atomic E-state index is 0.245. The van der Waals surface area contributed by atoms with Gasteiger partial charge in [0, 0.05) is 26.2 Å². The van der Waals surface area contributed by atoms with Crippen LogP contribution in [0.1, 0.15) is 43.4 Å². The first kappa shape index (κ1) is 25.0. The first-order valence-corrected chi connectivity index (χ1v) is 11.6. The highest BCUT2D eigenvalue weighted by Gasteiger charge is 2.30. The van der Waals surface area contributed by atoms with Crippen LogP contribution in [0.5, 0.6) is 5.75 Å². The Bertz CT molecular complexity index is 848. The predicted octanol–water partition coefficient (Wildman–Crippen LogP) is 3.59. The molecule has 180 valence electrons. The molecule has 1 heterocycles. The molecule has 0 radical (unpaired) electrons. The van der Waals surface area contributed by atoms with Crippen LogP contribution in [0.25, 0.3) is 0 Å². The molecule has 1 aliphatic rings. The molecule has 2 aromatic rings. The number of benzene rings is 2. The zero-order chi connectivity index (χ0) is 23.5. The third kappa shape index (κ3) is 7.99. The molecule has 1 aliphatic heterocycles. The molecule has 1 saturated heterocycles. The standard InChI is InChI=1S/C25H34FN3O4/c1-2-3-16-33-25(31)28-18-19-5-11-22(12-6-19)32-17-4-14-29-15-13-27-23(24(29)30)20-7-9-21(26)10-8-20/h5-12,23-24,27,30H,2-4,13-18H2,1H3,(H,28,31). The summed E-state index contributed by atoms with van der Waals surface area (Å²) in [4.78, 5) is 13.6. The molecule has 1 fully saturated rings. The number of piperazine rings is 1. The number of amides is 1. The molecular weight excluding hydrogens is 425 g/mol. The second-order valence-corrected chi connectivity index (χ2v) is 8.12. The van der Waals surface area contributed by atoms with Crippen LogP contribution >= 0.6 is 0 Å². The van der Waals surface area contributed by atoms with Gasteiger partial charge >= 0.3 is 6.09 Å². The van der Waals surface area contributed by atoms with Crippen molar-refractivity contribution in [3.63, 3.8) is 0 Å². The number of carbonyl (C=O) groups is 1. The number of hydrogen-bond acceptors (Lipinski definition) is 6. The van der Waals surface area contributed by atoms with Crippen molar-refractivity contribution in [1.29, 1.82) is 0 Å². The zero-order valence-electron chi connectivity index (χ0n) is 19.1. The lowest BCUT2D eigenvalue weighted by Crippen LogP contribution is -2.53. The van der Waals surface area contributed by atoms with Crippen LogP contribution in [-0.4, -0.2) is 55.2 Å². The lowest BCUT2D eigenvalue weighted by molar-refractivity contribution is -0.0473. The highest BCUT2D eigenvalue weighted by atomic mass is 19.1. The van der Waals surface area contributed by atoms with Crippen molar-refractivity contribution in [3.8, 4) is 5.75 Å². The predicted molar refractivity (Wildman–Crippen MR) is 124 cm³/mol. The summed E-state index contributed by atoms with van der Waals surface area (Å²) in [6.07, 6.45) is 1.54. The normalized spacial score (nSPS) is 18.6. The number of aliphatic hydroxyl groups is 1. The Morgan fingerprint density at radius 1 is 1.15 bits per heavy atom.